The minimum absolute atomic E-state index is 0.0572. The normalized spacial score (nSPS) is 18.6. The summed E-state index contributed by atoms with van der Waals surface area (Å²) >= 11 is 0. The Morgan fingerprint density at radius 3 is 2.50 bits per heavy atom. The summed E-state index contributed by atoms with van der Waals surface area (Å²) in [5, 5.41) is 2.67. The number of likely N-dealkylation sites (N-methyl/N-ethyl adjacent to an activating group) is 1. The fourth-order valence-corrected chi connectivity index (χ4v) is 5.20. The average molecular weight is 439 g/mol. The molecule has 1 heterocycles. The summed E-state index contributed by atoms with van der Waals surface area (Å²) < 4.78 is 28.6. The zero-order valence-corrected chi connectivity index (χ0v) is 18.7. The van der Waals surface area contributed by atoms with E-state index in [-0.39, 0.29) is 17.4 Å². The molecule has 30 heavy (non-hydrogen) atoms. The van der Waals surface area contributed by atoms with Crippen molar-refractivity contribution in [3.63, 3.8) is 0 Å². The number of nitrogens with zero attached hydrogens (tertiary/aromatic N) is 1. The van der Waals surface area contributed by atoms with Crippen LogP contribution >= 0.6 is 0 Å². The van der Waals surface area contributed by atoms with Crippen LogP contribution in [0.4, 0.5) is 0 Å². The van der Waals surface area contributed by atoms with Gasteiger partial charge in [0.15, 0.2) is 16.4 Å². The van der Waals surface area contributed by atoms with E-state index in [4.69, 9.17) is 4.74 Å². The first-order valence-corrected chi connectivity index (χ1v) is 11.9. The maximum Gasteiger partial charge on any atom is 0.329 e. The molecule has 8 nitrogen and oxygen atoms in total. The van der Waals surface area contributed by atoms with Crippen molar-refractivity contribution in [2.24, 2.45) is 5.92 Å². The van der Waals surface area contributed by atoms with Crippen LogP contribution in [-0.2, 0) is 24.2 Å². The van der Waals surface area contributed by atoms with Gasteiger partial charge in [-0.2, -0.15) is 0 Å². The van der Waals surface area contributed by atoms with Gasteiger partial charge in [0.25, 0.3) is 11.8 Å². The summed E-state index contributed by atoms with van der Waals surface area (Å²) in [4.78, 5) is 39.0. The molecule has 166 valence electrons. The van der Waals surface area contributed by atoms with E-state index < -0.39 is 46.3 Å². The molecule has 1 aliphatic rings. The van der Waals surface area contributed by atoms with Crippen LogP contribution in [-0.4, -0.2) is 67.8 Å². The minimum Gasteiger partial charge on any atom is -0.454 e. The smallest absolute Gasteiger partial charge is 0.329 e. The van der Waals surface area contributed by atoms with E-state index in [9.17, 15) is 22.8 Å². The lowest BCUT2D eigenvalue weighted by atomic mass is 10.0. The summed E-state index contributed by atoms with van der Waals surface area (Å²) in [6.07, 6.45) is 0.386. The lowest BCUT2D eigenvalue weighted by molar-refractivity contribution is -0.155. The minimum atomic E-state index is -3.13. The van der Waals surface area contributed by atoms with Gasteiger partial charge in [0, 0.05) is 18.2 Å². The van der Waals surface area contributed by atoms with Gasteiger partial charge in [-0.1, -0.05) is 31.5 Å². The standard InChI is InChI=1S/C21H30N2O6S/c1-5-23(17-9-10-30(27,28)13-17)18(24)12-29-21(26)19(14(2)3)22-20(25)16-8-6-7-15(4)11-16/h6-8,11,14,17,19H,5,9-10,12-13H2,1-4H3,(H,22,25)/t17?,19-/m0/s1. The lowest BCUT2D eigenvalue weighted by Gasteiger charge is -2.27. The molecular formula is C21H30N2O6S. The van der Waals surface area contributed by atoms with E-state index in [1.165, 1.54) is 4.90 Å². The number of aryl methyl sites for hydroxylation is 1. The Bertz CT molecular complexity index is 897. The molecule has 1 aliphatic heterocycles. The molecule has 1 fully saturated rings. The van der Waals surface area contributed by atoms with Gasteiger partial charge in [0.05, 0.1) is 11.5 Å². The number of rotatable bonds is 8. The summed E-state index contributed by atoms with van der Waals surface area (Å²) in [7, 11) is -3.13. The van der Waals surface area contributed by atoms with Crippen LogP contribution in [0, 0.1) is 12.8 Å². The Labute approximate surface area is 177 Å². The van der Waals surface area contributed by atoms with E-state index >= 15 is 0 Å². The molecule has 0 saturated carbocycles. The predicted octanol–water partition coefficient (Wildman–Crippen LogP) is 1.33. The highest BCUT2D eigenvalue weighted by Crippen LogP contribution is 2.18. The van der Waals surface area contributed by atoms with Crippen LogP contribution in [0.2, 0.25) is 0 Å². The Hall–Kier alpha value is -2.42. The van der Waals surface area contributed by atoms with Gasteiger partial charge in [0.1, 0.15) is 6.04 Å². The number of carbonyl (C=O) groups excluding carboxylic acids is 3. The first kappa shape index (κ1) is 23.9. The molecule has 0 spiro atoms. The monoisotopic (exact) mass is 438 g/mol. The number of hydrogen-bond acceptors (Lipinski definition) is 6. The quantitative estimate of drug-likeness (QED) is 0.613. The van der Waals surface area contributed by atoms with Crippen LogP contribution in [0.3, 0.4) is 0 Å². The van der Waals surface area contributed by atoms with E-state index in [1.807, 2.05) is 13.0 Å². The molecule has 1 saturated heterocycles. The van der Waals surface area contributed by atoms with Crippen LogP contribution < -0.4 is 5.32 Å². The average Bonchev–Trinajstić information content (AvgIpc) is 3.03. The van der Waals surface area contributed by atoms with Crippen molar-refractivity contribution in [3.05, 3.63) is 35.4 Å². The molecule has 0 radical (unpaired) electrons. The number of nitrogens with one attached hydrogen (secondary N) is 1. The van der Waals surface area contributed by atoms with E-state index in [1.54, 1.807) is 39.0 Å². The maximum atomic E-state index is 12.6. The topological polar surface area (TPSA) is 110 Å². The summed E-state index contributed by atoms with van der Waals surface area (Å²) in [5.74, 6) is -1.80. The van der Waals surface area contributed by atoms with Crippen molar-refractivity contribution in [2.75, 3.05) is 24.7 Å². The van der Waals surface area contributed by atoms with Gasteiger partial charge in [0.2, 0.25) is 0 Å². The van der Waals surface area contributed by atoms with Crippen LogP contribution in [0.15, 0.2) is 24.3 Å². The maximum absolute atomic E-state index is 12.6. The molecule has 9 heteroatoms. The Balaban J connectivity index is 1.97. The molecule has 1 aromatic rings. The first-order valence-electron chi connectivity index (χ1n) is 10.1. The number of hydrogen-bond donors (Lipinski definition) is 1. The van der Waals surface area contributed by atoms with Crippen molar-refractivity contribution in [3.8, 4) is 0 Å². The van der Waals surface area contributed by atoms with Crippen molar-refractivity contribution >= 4 is 27.6 Å². The van der Waals surface area contributed by atoms with Crippen molar-refractivity contribution < 1.29 is 27.5 Å². The highest BCUT2D eigenvalue weighted by molar-refractivity contribution is 7.91. The number of amides is 2. The van der Waals surface area contributed by atoms with Crippen molar-refractivity contribution in [1.82, 2.24) is 10.2 Å². The number of esters is 1. The second-order valence-electron chi connectivity index (χ2n) is 7.91. The highest BCUT2D eigenvalue weighted by Gasteiger charge is 2.34. The highest BCUT2D eigenvalue weighted by atomic mass is 32.2. The molecule has 2 atom stereocenters. The summed E-state index contributed by atoms with van der Waals surface area (Å²) in [6, 6.07) is 5.69. The molecular weight excluding hydrogens is 408 g/mol. The van der Waals surface area contributed by atoms with Gasteiger partial charge in [-0.15, -0.1) is 0 Å². The second kappa shape index (κ2) is 10.1. The van der Waals surface area contributed by atoms with E-state index in [2.05, 4.69) is 5.32 Å². The number of sulfone groups is 1. The van der Waals surface area contributed by atoms with E-state index in [0.29, 0.717) is 18.5 Å². The third-order valence-electron chi connectivity index (χ3n) is 5.14. The number of benzene rings is 1. The Morgan fingerprint density at radius 2 is 1.97 bits per heavy atom. The lowest BCUT2D eigenvalue weighted by Crippen LogP contribution is -2.47. The summed E-state index contributed by atoms with van der Waals surface area (Å²) in [6.45, 7) is 6.99. The third-order valence-corrected chi connectivity index (χ3v) is 6.89. The largest absolute Gasteiger partial charge is 0.454 e. The zero-order valence-electron chi connectivity index (χ0n) is 17.9. The number of carbonyl (C=O) groups is 3. The first-order chi connectivity index (χ1) is 14.0. The van der Waals surface area contributed by atoms with Gasteiger partial charge < -0.3 is 15.0 Å². The third kappa shape index (κ3) is 6.29. The molecule has 2 amide bonds. The second-order valence-corrected chi connectivity index (χ2v) is 10.1. The molecule has 1 unspecified atom stereocenters. The SMILES string of the molecule is CCN(C(=O)COC(=O)[C@@H](NC(=O)c1cccc(C)c1)C(C)C)C1CCS(=O)(=O)C1. The summed E-state index contributed by atoms with van der Waals surface area (Å²) in [5.41, 5.74) is 1.36. The van der Waals surface area contributed by atoms with Gasteiger partial charge in [-0.3, -0.25) is 9.59 Å². The van der Waals surface area contributed by atoms with E-state index in [0.717, 1.165) is 5.56 Å². The Kier molecular flexibility index (Phi) is 8.00. The van der Waals surface area contributed by atoms with Crippen molar-refractivity contribution in [1.29, 1.82) is 0 Å². The molecule has 1 N–H and O–H groups in total. The zero-order chi connectivity index (χ0) is 22.5. The number of ether oxygens (including phenoxy) is 1. The van der Waals surface area contributed by atoms with Crippen molar-refractivity contribution in [2.45, 2.75) is 46.2 Å². The molecule has 1 aromatic carbocycles. The van der Waals surface area contributed by atoms with Crippen LogP contribution in [0.1, 0.15) is 43.1 Å². The Morgan fingerprint density at radius 1 is 1.27 bits per heavy atom. The van der Waals surface area contributed by atoms with Crippen LogP contribution in [0.25, 0.3) is 0 Å². The molecule has 0 aromatic heterocycles. The fourth-order valence-electron chi connectivity index (χ4n) is 3.47. The van der Waals surface area contributed by atoms with Gasteiger partial charge >= 0.3 is 5.97 Å². The van der Waals surface area contributed by atoms with Gasteiger partial charge in [-0.05, 0) is 38.3 Å². The molecule has 0 aliphatic carbocycles. The molecule has 2 rings (SSSR count). The molecule has 0 bridgehead atoms. The fraction of sp³-hybridized carbons (Fsp3) is 0.571. The van der Waals surface area contributed by atoms with Crippen LogP contribution in [0.5, 0.6) is 0 Å². The van der Waals surface area contributed by atoms with Gasteiger partial charge in [-0.25, -0.2) is 13.2 Å². The predicted molar refractivity (Wildman–Crippen MR) is 113 cm³/mol.